The van der Waals surface area contributed by atoms with Crippen LogP contribution in [0.1, 0.15) is 104 Å². The molecule has 126 valence electrons. The molecule has 0 heterocycles. The Morgan fingerprint density at radius 3 is 1.67 bits per heavy atom. The first kappa shape index (κ1) is 20.6. The van der Waals surface area contributed by atoms with Gasteiger partial charge >= 0.3 is 0 Å². The van der Waals surface area contributed by atoms with Gasteiger partial charge in [0.05, 0.1) is 0 Å². The van der Waals surface area contributed by atoms with E-state index in [1.165, 1.54) is 44.9 Å². The summed E-state index contributed by atoms with van der Waals surface area (Å²) in [5, 5.41) is 0. The van der Waals surface area contributed by atoms with Crippen molar-refractivity contribution in [2.24, 2.45) is 11.5 Å². The Balaban J connectivity index is 3.51. The molecule has 0 aliphatic heterocycles. The Bertz CT molecular complexity index is 252. The second kappa shape index (κ2) is 13.3. The third kappa shape index (κ3) is 11.9. The molecule has 0 saturated heterocycles. The van der Waals surface area contributed by atoms with Crippen LogP contribution in [0.2, 0.25) is 0 Å². The molecule has 0 aliphatic rings. The molecule has 0 amide bonds. The van der Waals surface area contributed by atoms with Gasteiger partial charge in [0.25, 0.3) is 0 Å². The van der Waals surface area contributed by atoms with E-state index in [2.05, 4.69) is 13.8 Å². The van der Waals surface area contributed by atoms with Gasteiger partial charge in [-0.05, 0) is 19.3 Å². The molecule has 0 aromatic rings. The van der Waals surface area contributed by atoms with E-state index >= 15 is 0 Å². The molecule has 0 bridgehead atoms. The maximum Gasteiger partial charge on any atom is 0.166 e. The van der Waals surface area contributed by atoms with E-state index in [-0.39, 0.29) is 5.78 Å². The number of nitrogens with two attached hydrogens (primary N) is 2. The highest BCUT2D eigenvalue weighted by atomic mass is 16.1. The summed E-state index contributed by atoms with van der Waals surface area (Å²) in [6.07, 6.45) is 15.7. The van der Waals surface area contributed by atoms with Crippen LogP contribution in [-0.4, -0.2) is 11.4 Å². The fourth-order valence-corrected chi connectivity index (χ4v) is 2.64. The molecule has 0 aliphatic carbocycles. The molecular weight excluding hydrogens is 260 g/mol. The van der Waals surface area contributed by atoms with Crippen molar-refractivity contribution < 1.29 is 4.79 Å². The Hall–Kier alpha value is -0.410. The van der Waals surface area contributed by atoms with Gasteiger partial charge in [0.15, 0.2) is 5.78 Å². The molecule has 0 atom stereocenters. The molecular formula is C18H38N2O. The standard InChI is InChI=1S/C18H38N2O/c1-3-5-7-8-9-10-11-12-13-15-17(21)18(19,20)16-14-6-4-2/h3-16,19-20H2,1-2H3. The van der Waals surface area contributed by atoms with Crippen LogP contribution in [0.5, 0.6) is 0 Å². The molecule has 0 spiro atoms. The van der Waals surface area contributed by atoms with Gasteiger partial charge in [0, 0.05) is 6.42 Å². The molecule has 4 N–H and O–H groups in total. The van der Waals surface area contributed by atoms with Crippen molar-refractivity contribution in [3.05, 3.63) is 0 Å². The number of carbonyl (C=O) groups is 1. The van der Waals surface area contributed by atoms with Crippen LogP contribution in [0.15, 0.2) is 0 Å². The number of rotatable bonds is 15. The average molecular weight is 299 g/mol. The van der Waals surface area contributed by atoms with E-state index in [0.29, 0.717) is 12.8 Å². The highest BCUT2D eigenvalue weighted by molar-refractivity contribution is 5.87. The zero-order valence-corrected chi connectivity index (χ0v) is 14.5. The number of unbranched alkanes of at least 4 members (excludes halogenated alkanes) is 10. The van der Waals surface area contributed by atoms with Gasteiger partial charge in [-0.25, -0.2) is 0 Å². The van der Waals surface area contributed by atoms with E-state index in [1.54, 1.807) is 0 Å². The summed E-state index contributed by atoms with van der Waals surface area (Å²) in [4.78, 5) is 12.0. The van der Waals surface area contributed by atoms with Crippen molar-refractivity contribution in [3.8, 4) is 0 Å². The molecule has 0 unspecified atom stereocenters. The SMILES string of the molecule is CCCCCCCCCCCC(=O)C(N)(N)CCCCC. The topological polar surface area (TPSA) is 69.1 Å². The van der Waals surface area contributed by atoms with E-state index < -0.39 is 5.66 Å². The number of hydrogen-bond donors (Lipinski definition) is 2. The summed E-state index contributed by atoms with van der Waals surface area (Å²) in [5.41, 5.74) is 10.8. The molecule has 0 fully saturated rings. The second-order valence-electron chi connectivity index (χ2n) is 6.50. The predicted molar refractivity (Wildman–Crippen MR) is 92.1 cm³/mol. The number of hydrogen-bond acceptors (Lipinski definition) is 3. The van der Waals surface area contributed by atoms with Crippen molar-refractivity contribution in [1.82, 2.24) is 0 Å². The molecule has 3 nitrogen and oxygen atoms in total. The third-order valence-corrected chi connectivity index (χ3v) is 4.22. The second-order valence-corrected chi connectivity index (χ2v) is 6.50. The summed E-state index contributed by atoms with van der Waals surface area (Å²) in [6.45, 7) is 4.38. The van der Waals surface area contributed by atoms with Crippen LogP contribution in [0.25, 0.3) is 0 Å². The highest BCUT2D eigenvalue weighted by Crippen LogP contribution is 2.14. The maximum atomic E-state index is 12.0. The lowest BCUT2D eigenvalue weighted by molar-refractivity contribution is -0.124. The largest absolute Gasteiger partial charge is 0.307 e. The Kier molecular flexibility index (Phi) is 13.0. The van der Waals surface area contributed by atoms with Crippen molar-refractivity contribution in [1.29, 1.82) is 0 Å². The first-order valence-corrected chi connectivity index (χ1v) is 9.15. The Labute approximate surface area is 132 Å². The number of carbonyl (C=O) groups excluding carboxylic acids is 1. The van der Waals surface area contributed by atoms with Crippen LogP contribution in [-0.2, 0) is 4.79 Å². The molecule has 0 radical (unpaired) electrons. The number of Topliss-reactive ketones (excluding diaryl/α,β-unsaturated/α-hetero) is 1. The molecule has 0 aromatic heterocycles. The van der Waals surface area contributed by atoms with E-state index in [4.69, 9.17) is 11.5 Å². The quantitative estimate of drug-likeness (QED) is 0.341. The summed E-state index contributed by atoms with van der Waals surface area (Å²) < 4.78 is 0. The van der Waals surface area contributed by atoms with Crippen molar-refractivity contribution in [2.75, 3.05) is 0 Å². The lowest BCUT2D eigenvalue weighted by atomic mass is 9.95. The fraction of sp³-hybridized carbons (Fsp3) is 0.944. The fourth-order valence-electron chi connectivity index (χ4n) is 2.64. The van der Waals surface area contributed by atoms with E-state index in [0.717, 1.165) is 32.1 Å². The molecule has 0 saturated carbocycles. The maximum absolute atomic E-state index is 12.0. The predicted octanol–water partition coefficient (Wildman–Crippen LogP) is 4.67. The molecule has 0 rings (SSSR count). The Morgan fingerprint density at radius 2 is 1.14 bits per heavy atom. The summed E-state index contributed by atoms with van der Waals surface area (Å²) >= 11 is 0. The van der Waals surface area contributed by atoms with Crippen molar-refractivity contribution in [2.45, 2.75) is 109 Å². The molecule has 0 aromatic carbocycles. The zero-order chi connectivity index (χ0) is 16.0. The first-order valence-electron chi connectivity index (χ1n) is 9.15. The van der Waals surface area contributed by atoms with E-state index in [1.807, 2.05) is 0 Å². The zero-order valence-electron chi connectivity index (χ0n) is 14.5. The minimum Gasteiger partial charge on any atom is -0.307 e. The monoisotopic (exact) mass is 298 g/mol. The first-order chi connectivity index (χ1) is 10.0. The van der Waals surface area contributed by atoms with Crippen LogP contribution >= 0.6 is 0 Å². The normalized spacial score (nSPS) is 11.8. The average Bonchev–Trinajstić information content (AvgIpc) is 2.45. The Morgan fingerprint density at radius 1 is 0.714 bits per heavy atom. The van der Waals surface area contributed by atoms with Gasteiger partial charge in [0.1, 0.15) is 5.66 Å². The molecule has 21 heavy (non-hydrogen) atoms. The summed E-state index contributed by atoms with van der Waals surface area (Å²) in [6, 6.07) is 0. The van der Waals surface area contributed by atoms with Crippen LogP contribution in [0.4, 0.5) is 0 Å². The lowest BCUT2D eigenvalue weighted by Crippen LogP contribution is -2.56. The van der Waals surface area contributed by atoms with Gasteiger partial charge in [-0.3, -0.25) is 4.79 Å². The minimum atomic E-state index is -1.09. The van der Waals surface area contributed by atoms with Gasteiger partial charge < -0.3 is 11.5 Å². The summed E-state index contributed by atoms with van der Waals surface area (Å²) in [7, 11) is 0. The summed E-state index contributed by atoms with van der Waals surface area (Å²) in [5.74, 6) is 0.0431. The van der Waals surface area contributed by atoms with Gasteiger partial charge in [0.2, 0.25) is 0 Å². The van der Waals surface area contributed by atoms with Crippen LogP contribution < -0.4 is 11.5 Å². The number of ketones is 1. The van der Waals surface area contributed by atoms with Crippen molar-refractivity contribution in [3.63, 3.8) is 0 Å². The smallest absolute Gasteiger partial charge is 0.166 e. The highest BCUT2D eigenvalue weighted by Gasteiger charge is 2.27. The van der Waals surface area contributed by atoms with Gasteiger partial charge in [-0.2, -0.15) is 0 Å². The molecule has 3 heteroatoms. The third-order valence-electron chi connectivity index (χ3n) is 4.22. The van der Waals surface area contributed by atoms with Crippen LogP contribution in [0, 0.1) is 0 Å². The minimum absolute atomic E-state index is 0.0431. The van der Waals surface area contributed by atoms with Gasteiger partial charge in [-0.15, -0.1) is 0 Å². The lowest BCUT2D eigenvalue weighted by Gasteiger charge is -2.22. The van der Waals surface area contributed by atoms with Crippen molar-refractivity contribution >= 4 is 5.78 Å². The van der Waals surface area contributed by atoms with E-state index in [9.17, 15) is 4.79 Å². The van der Waals surface area contributed by atoms with Crippen LogP contribution in [0.3, 0.4) is 0 Å². The van der Waals surface area contributed by atoms with Gasteiger partial charge in [-0.1, -0.05) is 78.1 Å².